The summed E-state index contributed by atoms with van der Waals surface area (Å²) in [5.74, 6) is 0. The van der Waals surface area contributed by atoms with Crippen molar-refractivity contribution >= 4 is 38.8 Å². The van der Waals surface area contributed by atoms with Crippen LogP contribution in [0.2, 0.25) is 0 Å². The standard InChI is InChI=1S/C45H41N3/c1-4-36(48-44-28-16-13-25-41(44)42-26-14-17-29-45(42)48)23-18-32-46(38-20-8-6-7-9-21-38)34(3)30-31-37(5-2)47-39-22-11-10-19-35(33-39)40-24-12-15-27-43(40)47/h4-31,33,38-39H,2,32H2,1,3H3/b23-18-,34-30+,36-4+,37-31+. The van der Waals surface area contributed by atoms with Crippen LogP contribution in [0.25, 0.3) is 33.1 Å². The third-order valence-electron chi connectivity index (χ3n) is 9.29. The van der Waals surface area contributed by atoms with Crippen molar-refractivity contribution in [1.82, 2.24) is 9.47 Å². The van der Waals surface area contributed by atoms with Gasteiger partial charge < -0.3 is 14.4 Å². The summed E-state index contributed by atoms with van der Waals surface area (Å²) in [6, 6.07) is 26.2. The predicted octanol–water partition coefficient (Wildman–Crippen LogP) is 10.9. The van der Waals surface area contributed by atoms with E-state index < -0.39 is 0 Å². The molecule has 7 rings (SSSR count). The molecule has 3 aliphatic rings. The Bertz CT molecular complexity index is 2100. The van der Waals surface area contributed by atoms with Gasteiger partial charge in [0, 0.05) is 45.7 Å². The molecule has 3 nitrogen and oxygen atoms in total. The first-order chi connectivity index (χ1) is 23.7. The highest BCUT2D eigenvalue weighted by Gasteiger charge is 2.26. The minimum atomic E-state index is 0.112. The fourth-order valence-corrected chi connectivity index (χ4v) is 6.97. The van der Waals surface area contributed by atoms with Gasteiger partial charge in [0.05, 0.1) is 23.1 Å². The molecule has 0 spiro atoms. The highest BCUT2D eigenvalue weighted by Crippen LogP contribution is 2.39. The number of para-hydroxylation sites is 3. The second kappa shape index (κ2) is 13.9. The van der Waals surface area contributed by atoms with Crippen LogP contribution in [0.5, 0.6) is 0 Å². The minimum absolute atomic E-state index is 0.112. The molecule has 4 aromatic rings. The molecule has 1 aromatic heterocycles. The van der Waals surface area contributed by atoms with Gasteiger partial charge in [-0.25, -0.2) is 0 Å². The molecule has 48 heavy (non-hydrogen) atoms. The highest BCUT2D eigenvalue weighted by molar-refractivity contribution is 6.10. The highest BCUT2D eigenvalue weighted by atomic mass is 15.2. The van der Waals surface area contributed by atoms with Crippen molar-refractivity contribution in [2.24, 2.45) is 0 Å². The Labute approximate surface area is 284 Å². The predicted molar refractivity (Wildman–Crippen MR) is 207 cm³/mol. The molecule has 0 saturated heterocycles. The summed E-state index contributed by atoms with van der Waals surface area (Å²) in [4.78, 5) is 4.81. The summed E-state index contributed by atoms with van der Waals surface area (Å²) in [6.07, 6.45) is 37.1. The lowest BCUT2D eigenvalue weighted by atomic mass is 9.95. The van der Waals surface area contributed by atoms with E-state index in [4.69, 9.17) is 0 Å². The molecule has 1 unspecified atom stereocenters. The molecule has 2 bridgehead atoms. The number of fused-ring (bicyclic) bond motifs is 6. The smallest absolute Gasteiger partial charge is 0.0718 e. The van der Waals surface area contributed by atoms with Crippen LogP contribution in [0.4, 0.5) is 5.69 Å². The van der Waals surface area contributed by atoms with Crippen LogP contribution in [0, 0.1) is 0 Å². The van der Waals surface area contributed by atoms with E-state index in [0.29, 0.717) is 0 Å². The molecular weight excluding hydrogens is 583 g/mol. The van der Waals surface area contributed by atoms with Crippen molar-refractivity contribution < 1.29 is 0 Å². The maximum absolute atomic E-state index is 4.25. The first kappa shape index (κ1) is 30.8. The van der Waals surface area contributed by atoms with E-state index in [1.807, 2.05) is 6.08 Å². The van der Waals surface area contributed by atoms with Crippen LogP contribution in [-0.4, -0.2) is 28.1 Å². The zero-order valence-electron chi connectivity index (χ0n) is 27.7. The normalized spacial score (nSPS) is 18.0. The molecule has 2 aliphatic carbocycles. The zero-order chi connectivity index (χ0) is 32.9. The number of nitrogens with zero attached hydrogens (tertiary/aromatic N) is 3. The van der Waals surface area contributed by atoms with E-state index >= 15 is 0 Å². The van der Waals surface area contributed by atoms with Gasteiger partial charge in [-0.1, -0.05) is 134 Å². The molecule has 0 amide bonds. The van der Waals surface area contributed by atoms with E-state index in [1.165, 1.54) is 44.3 Å². The van der Waals surface area contributed by atoms with Crippen LogP contribution in [0.3, 0.4) is 0 Å². The fraction of sp³-hybridized carbons (Fsp3) is 0.111. The zero-order valence-corrected chi connectivity index (χ0v) is 27.7. The number of rotatable bonds is 9. The Morgan fingerprint density at radius 3 is 2.15 bits per heavy atom. The summed E-state index contributed by atoms with van der Waals surface area (Å²) >= 11 is 0. The number of hydrogen-bond donors (Lipinski definition) is 0. The second-order valence-electron chi connectivity index (χ2n) is 12.1. The van der Waals surface area contributed by atoms with E-state index in [-0.39, 0.29) is 12.1 Å². The quantitative estimate of drug-likeness (QED) is 0.172. The summed E-state index contributed by atoms with van der Waals surface area (Å²) in [5.41, 5.74) is 9.49. The van der Waals surface area contributed by atoms with Gasteiger partial charge in [-0.05, 0) is 68.0 Å². The monoisotopic (exact) mass is 623 g/mol. The Morgan fingerprint density at radius 2 is 1.44 bits per heavy atom. The summed E-state index contributed by atoms with van der Waals surface area (Å²) in [5, 5.41) is 2.54. The van der Waals surface area contributed by atoms with Gasteiger partial charge in [0.15, 0.2) is 0 Å². The van der Waals surface area contributed by atoms with Crippen molar-refractivity contribution in [1.29, 1.82) is 0 Å². The SMILES string of the molecule is C=C/C(=C\C=C(/C)N(C/C=C\C(=C/C)n1c2ccccc2c2ccccc21)C1C=CC=CC=C1)N1c2ccccc2C2=CC1C=CC=C2. The van der Waals surface area contributed by atoms with Crippen LogP contribution < -0.4 is 4.90 Å². The average Bonchev–Trinajstić information content (AvgIpc) is 3.30. The van der Waals surface area contributed by atoms with E-state index in [2.05, 4.69) is 205 Å². The van der Waals surface area contributed by atoms with Gasteiger partial charge in [0.25, 0.3) is 0 Å². The third-order valence-corrected chi connectivity index (χ3v) is 9.29. The second-order valence-corrected chi connectivity index (χ2v) is 12.1. The molecular formula is C45H41N3. The lowest BCUT2D eigenvalue weighted by Gasteiger charge is -2.36. The summed E-state index contributed by atoms with van der Waals surface area (Å²) in [6.45, 7) is 9.30. The van der Waals surface area contributed by atoms with E-state index in [9.17, 15) is 0 Å². The van der Waals surface area contributed by atoms with Crippen molar-refractivity contribution in [3.63, 3.8) is 0 Å². The molecule has 1 atom stereocenters. The Hall–Kier alpha value is -5.80. The number of anilines is 1. The molecule has 0 saturated carbocycles. The summed E-state index contributed by atoms with van der Waals surface area (Å²) < 4.78 is 2.37. The van der Waals surface area contributed by atoms with E-state index in [0.717, 1.165) is 17.9 Å². The van der Waals surface area contributed by atoms with Crippen LogP contribution in [-0.2, 0) is 0 Å². The average molecular weight is 624 g/mol. The lowest BCUT2D eigenvalue weighted by Crippen LogP contribution is -2.34. The molecule has 2 heterocycles. The maximum atomic E-state index is 4.25. The topological polar surface area (TPSA) is 11.4 Å². The van der Waals surface area contributed by atoms with Crippen LogP contribution >= 0.6 is 0 Å². The first-order valence-corrected chi connectivity index (χ1v) is 16.7. The van der Waals surface area contributed by atoms with Gasteiger partial charge in [0.2, 0.25) is 0 Å². The van der Waals surface area contributed by atoms with Crippen LogP contribution in [0.1, 0.15) is 19.4 Å². The molecule has 0 radical (unpaired) electrons. The fourth-order valence-electron chi connectivity index (χ4n) is 6.97. The Morgan fingerprint density at radius 1 is 0.771 bits per heavy atom. The molecule has 0 N–H and O–H groups in total. The minimum Gasteiger partial charge on any atom is -0.361 e. The van der Waals surface area contributed by atoms with Crippen molar-refractivity contribution in [3.8, 4) is 0 Å². The number of aromatic nitrogens is 1. The van der Waals surface area contributed by atoms with Crippen molar-refractivity contribution in [2.45, 2.75) is 25.9 Å². The van der Waals surface area contributed by atoms with Gasteiger partial charge in [-0.15, -0.1) is 0 Å². The Kier molecular flexibility index (Phi) is 8.93. The number of benzene rings is 3. The molecule has 1 aliphatic heterocycles. The van der Waals surface area contributed by atoms with Crippen LogP contribution in [0.15, 0.2) is 194 Å². The van der Waals surface area contributed by atoms with Gasteiger partial charge in [-0.3, -0.25) is 0 Å². The van der Waals surface area contributed by atoms with Gasteiger partial charge in [0.1, 0.15) is 0 Å². The number of allylic oxidation sites excluding steroid dienone is 15. The Balaban J connectivity index is 1.21. The molecule has 3 heteroatoms. The lowest BCUT2D eigenvalue weighted by molar-refractivity contribution is 0.364. The van der Waals surface area contributed by atoms with Crippen molar-refractivity contribution in [3.05, 3.63) is 200 Å². The maximum Gasteiger partial charge on any atom is 0.0718 e. The van der Waals surface area contributed by atoms with Crippen molar-refractivity contribution in [2.75, 3.05) is 11.4 Å². The van der Waals surface area contributed by atoms with Gasteiger partial charge >= 0.3 is 0 Å². The largest absolute Gasteiger partial charge is 0.361 e. The van der Waals surface area contributed by atoms with E-state index in [1.54, 1.807) is 0 Å². The molecule has 3 aromatic carbocycles. The first-order valence-electron chi connectivity index (χ1n) is 16.7. The van der Waals surface area contributed by atoms with Gasteiger partial charge in [-0.2, -0.15) is 0 Å². The molecule has 0 fully saturated rings. The molecule has 236 valence electrons. The number of hydrogen-bond acceptors (Lipinski definition) is 2. The summed E-state index contributed by atoms with van der Waals surface area (Å²) in [7, 11) is 0. The third kappa shape index (κ3) is 5.91.